The molecule has 0 aromatic rings. The molecule has 34 heavy (non-hydrogen) atoms. The Labute approximate surface area is 203 Å². The molecule has 0 saturated carbocycles. The van der Waals surface area contributed by atoms with Gasteiger partial charge in [-0.3, -0.25) is 19.2 Å². The van der Waals surface area contributed by atoms with E-state index in [-0.39, 0.29) is 53.5 Å². The number of carbonyl (C=O) groups is 4. The number of nitrogens with one attached hydrogen (secondary N) is 2. The van der Waals surface area contributed by atoms with E-state index in [1.54, 1.807) is 0 Å². The van der Waals surface area contributed by atoms with E-state index >= 15 is 0 Å². The summed E-state index contributed by atoms with van der Waals surface area (Å²) < 4.78 is 0. The highest BCUT2D eigenvalue weighted by molar-refractivity contribution is 5.91. The Morgan fingerprint density at radius 3 is 2.41 bits per heavy atom. The molecule has 0 unspecified atom stereocenters. The molecule has 0 spiro atoms. The third-order valence-corrected chi connectivity index (χ3v) is 8.44. The van der Waals surface area contributed by atoms with E-state index in [4.69, 9.17) is 0 Å². The van der Waals surface area contributed by atoms with Crippen molar-refractivity contribution in [3.63, 3.8) is 0 Å². The molecule has 4 aliphatic heterocycles. The normalized spacial score (nSPS) is 35.6. The van der Waals surface area contributed by atoms with Crippen LogP contribution >= 0.6 is 0 Å². The Balaban J connectivity index is 1.47. The van der Waals surface area contributed by atoms with E-state index < -0.39 is 6.04 Å². The fraction of sp³-hybridized carbons (Fsp3) is 0.846. The van der Waals surface area contributed by atoms with Gasteiger partial charge in [0.2, 0.25) is 23.6 Å². The SMILES string of the molecule is CC(C)[C@@H]1CC[C@@H](C)CC(=O)N2C[C@H]3C[C@@H](CN(C(=O)[C@@H]4CCC(=O)N4)C3)[C@@H]2CCCC(=O)N1. The van der Waals surface area contributed by atoms with Gasteiger partial charge in [0, 0.05) is 51.0 Å². The molecule has 8 heteroatoms. The zero-order valence-electron chi connectivity index (χ0n) is 21.1. The third-order valence-electron chi connectivity index (χ3n) is 8.44. The van der Waals surface area contributed by atoms with Gasteiger partial charge in [-0.2, -0.15) is 0 Å². The average molecular weight is 475 g/mol. The lowest BCUT2D eigenvalue weighted by Crippen LogP contribution is -2.61. The zero-order valence-corrected chi connectivity index (χ0v) is 21.1. The molecule has 4 amide bonds. The first-order valence-electron chi connectivity index (χ1n) is 13.4. The predicted octanol–water partition coefficient (Wildman–Crippen LogP) is 2.07. The van der Waals surface area contributed by atoms with Gasteiger partial charge in [0.1, 0.15) is 6.04 Å². The Bertz CT molecular complexity index is 800. The number of hydrogen-bond donors (Lipinski definition) is 2. The van der Waals surface area contributed by atoms with Gasteiger partial charge in [0.15, 0.2) is 0 Å². The van der Waals surface area contributed by atoms with Crippen molar-refractivity contribution in [1.82, 2.24) is 20.4 Å². The summed E-state index contributed by atoms with van der Waals surface area (Å²) in [6.07, 6.45) is 6.40. The molecule has 2 bridgehead atoms. The number of nitrogens with zero attached hydrogens (tertiary/aromatic N) is 2. The second-order valence-corrected chi connectivity index (χ2v) is 11.6. The van der Waals surface area contributed by atoms with Gasteiger partial charge >= 0.3 is 0 Å². The number of amides is 4. The molecule has 0 aliphatic carbocycles. The molecule has 4 aliphatic rings. The van der Waals surface area contributed by atoms with Crippen LogP contribution in [0.4, 0.5) is 0 Å². The van der Waals surface area contributed by atoms with Crippen molar-refractivity contribution in [3.8, 4) is 0 Å². The van der Waals surface area contributed by atoms with Crippen LogP contribution in [0.2, 0.25) is 0 Å². The Morgan fingerprint density at radius 1 is 0.941 bits per heavy atom. The molecule has 4 saturated heterocycles. The molecule has 0 aromatic heterocycles. The lowest BCUT2D eigenvalue weighted by Gasteiger charge is -2.51. The Kier molecular flexibility index (Phi) is 7.83. The lowest BCUT2D eigenvalue weighted by atomic mass is 9.77. The molecule has 190 valence electrons. The van der Waals surface area contributed by atoms with Gasteiger partial charge in [-0.15, -0.1) is 0 Å². The first-order valence-corrected chi connectivity index (χ1v) is 13.4. The van der Waals surface area contributed by atoms with Crippen LogP contribution in [0.5, 0.6) is 0 Å². The maximum atomic E-state index is 13.4. The summed E-state index contributed by atoms with van der Waals surface area (Å²) in [5, 5.41) is 6.05. The van der Waals surface area contributed by atoms with Gasteiger partial charge in [-0.05, 0) is 62.2 Å². The minimum atomic E-state index is -0.400. The van der Waals surface area contributed by atoms with Crippen LogP contribution in [0.1, 0.15) is 78.6 Å². The van der Waals surface area contributed by atoms with Gasteiger partial charge in [-0.1, -0.05) is 20.8 Å². The number of hydrogen-bond acceptors (Lipinski definition) is 4. The first-order chi connectivity index (χ1) is 16.2. The summed E-state index contributed by atoms with van der Waals surface area (Å²) in [6.45, 7) is 8.41. The van der Waals surface area contributed by atoms with Crippen LogP contribution in [0, 0.1) is 23.7 Å². The standard InChI is InChI=1S/C26H42N4O4/c1-16(2)20-8-7-17(3)11-25(33)30-14-18-12-19(22(30)5-4-6-23(31)27-20)15-29(13-18)26(34)21-9-10-24(32)28-21/h16-22H,4-15H2,1-3H3,(H,27,31)(H,28,32)/t17-,18+,19+,20+,21+,22+/m1/s1. The van der Waals surface area contributed by atoms with E-state index in [0.29, 0.717) is 51.2 Å². The Hall–Kier alpha value is -2.12. The van der Waals surface area contributed by atoms with Gasteiger partial charge in [-0.25, -0.2) is 0 Å². The van der Waals surface area contributed by atoms with Crippen LogP contribution in [0.15, 0.2) is 0 Å². The maximum absolute atomic E-state index is 13.4. The molecular formula is C26H42N4O4. The summed E-state index contributed by atoms with van der Waals surface area (Å²) in [7, 11) is 0. The van der Waals surface area contributed by atoms with Crippen molar-refractivity contribution >= 4 is 23.6 Å². The van der Waals surface area contributed by atoms with Crippen LogP contribution in [0.3, 0.4) is 0 Å². The van der Waals surface area contributed by atoms with Gasteiger partial charge in [0.25, 0.3) is 0 Å². The Morgan fingerprint density at radius 2 is 1.71 bits per heavy atom. The van der Waals surface area contributed by atoms with Crippen LogP contribution < -0.4 is 10.6 Å². The number of piperidine rings is 2. The van der Waals surface area contributed by atoms with E-state index in [2.05, 4.69) is 36.3 Å². The van der Waals surface area contributed by atoms with E-state index in [1.807, 2.05) is 4.90 Å². The summed E-state index contributed by atoms with van der Waals surface area (Å²) in [5.41, 5.74) is 0. The van der Waals surface area contributed by atoms with Crippen molar-refractivity contribution in [1.29, 1.82) is 0 Å². The van der Waals surface area contributed by atoms with Crippen LogP contribution in [-0.4, -0.2) is 71.2 Å². The summed E-state index contributed by atoms with van der Waals surface area (Å²) in [4.78, 5) is 54.9. The topological polar surface area (TPSA) is 98.8 Å². The lowest BCUT2D eigenvalue weighted by molar-refractivity contribution is -0.147. The average Bonchev–Trinajstić information content (AvgIpc) is 3.22. The highest BCUT2D eigenvalue weighted by Gasteiger charge is 2.45. The van der Waals surface area contributed by atoms with Gasteiger partial charge in [0.05, 0.1) is 0 Å². The molecule has 0 aromatic carbocycles. The number of rotatable bonds is 2. The predicted molar refractivity (Wildman–Crippen MR) is 128 cm³/mol. The zero-order chi connectivity index (χ0) is 24.4. The molecule has 2 N–H and O–H groups in total. The smallest absolute Gasteiger partial charge is 0.245 e. The second-order valence-electron chi connectivity index (χ2n) is 11.6. The largest absolute Gasteiger partial charge is 0.353 e. The third kappa shape index (κ3) is 5.74. The fourth-order valence-electron chi connectivity index (χ4n) is 6.51. The van der Waals surface area contributed by atoms with Crippen molar-refractivity contribution in [2.45, 2.75) is 96.7 Å². The molecule has 4 rings (SSSR count). The van der Waals surface area contributed by atoms with Gasteiger partial charge < -0.3 is 20.4 Å². The van der Waals surface area contributed by atoms with Crippen LogP contribution in [0.25, 0.3) is 0 Å². The molecule has 0 radical (unpaired) electrons. The molecule has 6 atom stereocenters. The number of fused-ring (bicyclic) bond motifs is 4. The number of likely N-dealkylation sites (tertiary alicyclic amines) is 1. The summed E-state index contributed by atoms with van der Waals surface area (Å²) >= 11 is 0. The number of carbonyl (C=O) groups excluding carboxylic acids is 4. The molecule has 4 heterocycles. The fourth-order valence-corrected chi connectivity index (χ4v) is 6.51. The van der Waals surface area contributed by atoms with E-state index in [0.717, 1.165) is 32.1 Å². The van der Waals surface area contributed by atoms with Crippen molar-refractivity contribution in [3.05, 3.63) is 0 Å². The molecule has 4 fully saturated rings. The molecular weight excluding hydrogens is 432 g/mol. The first kappa shape index (κ1) is 25.0. The summed E-state index contributed by atoms with van der Waals surface area (Å²) in [5.74, 6) is 1.47. The monoisotopic (exact) mass is 474 g/mol. The van der Waals surface area contributed by atoms with Crippen LogP contribution in [-0.2, 0) is 19.2 Å². The van der Waals surface area contributed by atoms with E-state index in [1.165, 1.54) is 0 Å². The van der Waals surface area contributed by atoms with Crippen molar-refractivity contribution in [2.24, 2.45) is 23.7 Å². The maximum Gasteiger partial charge on any atom is 0.245 e. The van der Waals surface area contributed by atoms with E-state index in [9.17, 15) is 19.2 Å². The minimum absolute atomic E-state index is 0.0256. The highest BCUT2D eigenvalue weighted by atomic mass is 16.2. The van der Waals surface area contributed by atoms with Crippen molar-refractivity contribution in [2.75, 3.05) is 19.6 Å². The second kappa shape index (κ2) is 10.6. The molecule has 8 nitrogen and oxygen atoms in total. The highest BCUT2D eigenvalue weighted by Crippen LogP contribution is 2.37. The minimum Gasteiger partial charge on any atom is -0.353 e. The van der Waals surface area contributed by atoms with Crippen molar-refractivity contribution < 1.29 is 19.2 Å². The summed E-state index contributed by atoms with van der Waals surface area (Å²) in [6, 6.07) is -0.176. The quantitative estimate of drug-likeness (QED) is 0.640.